The lowest BCUT2D eigenvalue weighted by Crippen LogP contribution is -2.27. The first-order chi connectivity index (χ1) is 7.07. The van der Waals surface area contributed by atoms with Gasteiger partial charge in [0.1, 0.15) is 17.2 Å². The van der Waals surface area contributed by atoms with Crippen LogP contribution in [-0.4, -0.2) is 34.5 Å². The van der Waals surface area contributed by atoms with Crippen LogP contribution in [0, 0.1) is 5.41 Å². The molecule has 0 aromatic carbocycles. The number of thioether (sulfide) groups is 1. The average Bonchev–Trinajstić information content (AvgIpc) is 2.27. The molecule has 0 fully saturated rings. The first-order valence-corrected chi connectivity index (χ1v) is 6.00. The molecule has 84 valence electrons. The van der Waals surface area contributed by atoms with Crippen molar-refractivity contribution in [1.82, 2.24) is 9.97 Å². The number of hydrogen-bond donors (Lipinski definition) is 2. The van der Waals surface area contributed by atoms with Gasteiger partial charge in [0.15, 0.2) is 0 Å². The van der Waals surface area contributed by atoms with Crippen molar-refractivity contribution < 1.29 is 5.11 Å². The quantitative estimate of drug-likeness (QED) is 0.591. The molecule has 4 nitrogen and oxygen atoms in total. The molecule has 1 heterocycles. The maximum Gasteiger partial charge on any atom is 0.130 e. The van der Waals surface area contributed by atoms with Crippen LogP contribution in [0.1, 0.15) is 13.8 Å². The van der Waals surface area contributed by atoms with Gasteiger partial charge in [-0.3, -0.25) is 0 Å². The van der Waals surface area contributed by atoms with Crippen LogP contribution >= 0.6 is 11.8 Å². The van der Waals surface area contributed by atoms with Gasteiger partial charge in [-0.1, -0.05) is 13.8 Å². The zero-order valence-electron chi connectivity index (χ0n) is 9.32. The topological polar surface area (TPSA) is 58.0 Å². The molecule has 0 atom stereocenters. The van der Waals surface area contributed by atoms with Gasteiger partial charge in [-0.2, -0.15) is 0 Å². The monoisotopic (exact) mass is 227 g/mol. The Kier molecular flexibility index (Phi) is 4.35. The number of aliphatic hydroxyl groups excluding tert-OH is 1. The van der Waals surface area contributed by atoms with Crippen LogP contribution in [0.25, 0.3) is 0 Å². The van der Waals surface area contributed by atoms with Crippen molar-refractivity contribution in [3.63, 3.8) is 0 Å². The van der Waals surface area contributed by atoms with E-state index in [1.807, 2.05) is 26.2 Å². The van der Waals surface area contributed by atoms with Gasteiger partial charge in [-0.25, -0.2) is 9.97 Å². The fourth-order valence-electron chi connectivity index (χ4n) is 0.934. The maximum absolute atomic E-state index is 9.10. The average molecular weight is 227 g/mol. The minimum absolute atomic E-state index is 0.134. The Morgan fingerprint density at radius 2 is 2.20 bits per heavy atom. The van der Waals surface area contributed by atoms with Crippen molar-refractivity contribution in [2.45, 2.75) is 18.9 Å². The highest BCUT2D eigenvalue weighted by molar-refractivity contribution is 7.98. The molecule has 1 aromatic rings. The lowest BCUT2D eigenvalue weighted by Gasteiger charge is -2.22. The maximum atomic E-state index is 9.10. The Morgan fingerprint density at radius 3 is 2.80 bits per heavy atom. The molecule has 0 amide bonds. The molecule has 0 spiro atoms. The summed E-state index contributed by atoms with van der Waals surface area (Å²) >= 11 is 1.58. The molecule has 15 heavy (non-hydrogen) atoms. The number of nitrogens with zero attached hydrogens (tertiary/aromatic N) is 2. The molecular weight excluding hydrogens is 210 g/mol. The van der Waals surface area contributed by atoms with Crippen LogP contribution in [-0.2, 0) is 0 Å². The molecule has 1 aromatic heterocycles. The number of aliphatic hydroxyl groups is 1. The molecule has 5 heteroatoms. The predicted octanol–water partition coefficient (Wildman–Crippen LogP) is 1.63. The summed E-state index contributed by atoms with van der Waals surface area (Å²) in [6.07, 6.45) is 3.52. The van der Waals surface area contributed by atoms with Crippen molar-refractivity contribution >= 4 is 17.6 Å². The second kappa shape index (κ2) is 5.32. The van der Waals surface area contributed by atoms with Crippen molar-refractivity contribution in [3.05, 3.63) is 12.4 Å². The molecule has 2 N–H and O–H groups in total. The standard InChI is InChI=1S/C10H17N3OS/c1-10(2,6-14)5-11-8-4-9(15-3)13-7-12-8/h4,7,14H,5-6H2,1-3H3,(H,11,12,13). The van der Waals surface area contributed by atoms with Crippen LogP contribution in [0.3, 0.4) is 0 Å². The van der Waals surface area contributed by atoms with Gasteiger partial charge >= 0.3 is 0 Å². The normalized spacial score (nSPS) is 11.5. The van der Waals surface area contributed by atoms with E-state index in [2.05, 4.69) is 15.3 Å². The summed E-state index contributed by atoms with van der Waals surface area (Å²) in [7, 11) is 0. The highest BCUT2D eigenvalue weighted by Gasteiger charge is 2.16. The van der Waals surface area contributed by atoms with E-state index in [1.54, 1.807) is 18.1 Å². The lowest BCUT2D eigenvalue weighted by molar-refractivity contribution is 0.170. The highest BCUT2D eigenvalue weighted by atomic mass is 32.2. The molecule has 0 aliphatic carbocycles. The van der Waals surface area contributed by atoms with Crippen molar-refractivity contribution in [1.29, 1.82) is 0 Å². The van der Waals surface area contributed by atoms with Gasteiger partial charge in [0, 0.05) is 24.6 Å². The summed E-state index contributed by atoms with van der Waals surface area (Å²) in [4.78, 5) is 8.19. The Hall–Kier alpha value is -0.810. The van der Waals surface area contributed by atoms with Gasteiger partial charge in [-0.15, -0.1) is 11.8 Å². The van der Waals surface area contributed by atoms with E-state index in [0.29, 0.717) is 6.54 Å². The molecule has 0 aliphatic rings. The molecule has 0 aliphatic heterocycles. The highest BCUT2D eigenvalue weighted by Crippen LogP contribution is 2.17. The van der Waals surface area contributed by atoms with E-state index < -0.39 is 0 Å². The van der Waals surface area contributed by atoms with E-state index >= 15 is 0 Å². The third kappa shape index (κ3) is 4.05. The summed E-state index contributed by atoms with van der Waals surface area (Å²) < 4.78 is 0. The van der Waals surface area contributed by atoms with E-state index in [4.69, 9.17) is 5.11 Å². The van der Waals surface area contributed by atoms with Gasteiger partial charge in [0.25, 0.3) is 0 Å². The smallest absolute Gasteiger partial charge is 0.130 e. The summed E-state index contributed by atoms with van der Waals surface area (Å²) in [5.41, 5.74) is -0.134. The minimum atomic E-state index is -0.134. The number of anilines is 1. The Labute approximate surface area is 94.5 Å². The van der Waals surface area contributed by atoms with E-state index in [9.17, 15) is 0 Å². The second-order valence-electron chi connectivity index (χ2n) is 4.12. The number of rotatable bonds is 5. The molecule has 0 saturated carbocycles. The predicted molar refractivity (Wildman–Crippen MR) is 63.2 cm³/mol. The minimum Gasteiger partial charge on any atom is -0.396 e. The van der Waals surface area contributed by atoms with Crippen molar-refractivity contribution in [2.75, 3.05) is 24.7 Å². The summed E-state index contributed by atoms with van der Waals surface area (Å²) in [5, 5.41) is 13.2. The first kappa shape index (κ1) is 12.3. The van der Waals surface area contributed by atoms with Gasteiger partial charge in [-0.05, 0) is 6.26 Å². The Bertz CT molecular complexity index is 317. The summed E-state index contributed by atoms with van der Waals surface area (Å²) in [5.74, 6) is 0.802. The largest absolute Gasteiger partial charge is 0.396 e. The third-order valence-electron chi connectivity index (χ3n) is 2.03. The van der Waals surface area contributed by atoms with Gasteiger partial charge in [0.05, 0.1) is 0 Å². The van der Waals surface area contributed by atoms with E-state index in [1.165, 1.54) is 0 Å². The summed E-state index contributed by atoms with van der Waals surface area (Å²) in [6, 6.07) is 1.90. The molecule has 0 unspecified atom stereocenters. The SMILES string of the molecule is CSc1cc(NCC(C)(C)CO)ncn1. The number of aromatic nitrogens is 2. The van der Waals surface area contributed by atoms with Crippen molar-refractivity contribution in [3.8, 4) is 0 Å². The fourth-order valence-corrected chi connectivity index (χ4v) is 1.32. The van der Waals surface area contributed by atoms with Crippen LogP contribution in [0.2, 0.25) is 0 Å². The van der Waals surface area contributed by atoms with Gasteiger partial charge in [0.2, 0.25) is 0 Å². The van der Waals surface area contributed by atoms with Crippen LogP contribution in [0.15, 0.2) is 17.4 Å². The zero-order valence-corrected chi connectivity index (χ0v) is 10.1. The van der Waals surface area contributed by atoms with Crippen LogP contribution in [0.4, 0.5) is 5.82 Å². The van der Waals surface area contributed by atoms with Crippen LogP contribution in [0.5, 0.6) is 0 Å². The number of hydrogen-bond acceptors (Lipinski definition) is 5. The van der Waals surface area contributed by atoms with Crippen molar-refractivity contribution in [2.24, 2.45) is 5.41 Å². The molecule has 0 saturated heterocycles. The fraction of sp³-hybridized carbons (Fsp3) is 0.600. The first-order valence-electron chi connectivity index (χ1n) is 4.78. The zero-order chi connectivity index (χ0) is 11.3. The van der Waals surface area contributed by atoms with E-state index in [-0.39, 0.29) is 12.0 Å². The summed E-state index contributed by atoms with van der Waals surface area (Å²) in [6.45, 7) is 4.84. The Morgan fingerprint density at radius 1 is 1.47 bits per heavy atom. The lowest BCUT2D eigenvalue weighted by atomic mass is 9.95. The molecule has 0 radical (unpaired) electrons. The molecule has 0 bridgehead atoms. The molecular formula is C10H17N3OS. The Balaban J connectivity index is 2.57. The van der Waals surface area contributed by atoms with Gasteiger partial charge < -0.3 is 10.4 Å². The van der Waals surface area contributed by atoms with E-state index in [0.717, 1.165) is 10.8 Å². The third-order valence-corrected chi connectivity index (χ3v) is 2.67. The molecule has 1 rings (SSSR count). The van der Waals surface area contributed by atoms with Crippen LogP contribution < -0.4 is 5.32 Å². The second-order valence-corrected chi connectivity index (χ2v) is 4.95. The number of nitrogens with one attached hydrogen (secondary N) is 1.